The van der Waals surface area contributed by atoms with E-state index in [0.29, 0.717) is 27.4 Å². The number of aromatic nitrogens is 5. The SMILES string of the molecule is CC[C@@H](C)Cc1c(C)sc2nc(SCn3nnc4ccccc4c3=O)[nH]c(=O)c12. The number of hydrogen-bond donors (Lipinski definition) is 1. The summed E-state index contributed by atoms with van der Waals surface area (Å²) in [5.41, 5.74) is 1.32. The van der Waals surface area contributed by atoms with E-state index in [2.05, 4.69) is 34.1 Å². The minimum absolute atomic E-state index is 0.128. The lowest BCUT2D eigenvalue weighted by molar-refractivity contribution is 0.561. The normalized spacial score (nSPS) is 12.7. The van der Waals surface area contributed by atoms with Gasteiger partial charge < -0.3 is 4.98 Å². The van der Waals surface area contributed by atoms with E-state index in [0.717, 1.165) is 28.1 Å². The van der Waals surface area contributed by atoms with Crippen LogP contribution in [0.5, 0.6) is 0 Å². The molecule has 0 bridgehead atoms. The predicted molar refractivity (Wildman–Crippen MR) is 118 cm³/mol. The van der Waals surface area contributed by atoms with Crippen molar-refractivity contribution < 1.29 is 0 Å². The minimum atomic E-state index is -0.214. The number of aryl methyl sites for hydroxylation is 1. The third-order valence-corrected chi connectivity index (χ3v) is 6.93. The van der Waals surface area contributed by atoms with Crippen molar-refractivity contribution in [3.05, 3.63) is 55.4 Å². The summed E-state index contributed by atoms with van der Waals surface area (Å²) < 4.78 is 1.28. The average molecular weight is 428 g/mol. The van der Waals surface area contributed by atoms with Gasteiger partial charge in [-0.05, 0) is 37.0 Å². The first-order chi connectivity index (χ1) is 14.0. The van der Waals surface area contributed by atoms with E-state index in [1.54, 1.807) is 29.5 Å². The Morgan fingerprint density at radius 3 is 2.86 bits per heavy atom. The van der Waals surface area contributed by atoms with Crippen LogP contribution in [0.15, 0.2) is 39.0 Å². The number of hydrogen-bond acceptors (Lipinski definition) is 7. The fraction of sp³-hybridized carbons (Fsp3) is 0.350. The van der Waals surface area contributed by atoms with Crippen molar-refractivity contribution in [1.82, 2.24) is 25.0 Å². The van der Waals surface area contributed by atoms with Crippen LogP contribution in [-0.4, -0.2) is 25.0 Å². The van der Waals surface area contributed by atoms with Crippen LogP contribution in [0.4, 0.5) is 0 Å². The number of aromatic amines is 1. The molecule has 0 radical (unpaired) electrons. The molecule has 0 aliphatic heterocycles. The summed E-state index contributed by atoms with van der Waals surface area (Å²) in [5.74, 6) is 0.730. The van der Waals surface area contributed by atoms with Crippen molar-refractivity contribution >= 4 is 44.2 Å². The van der Waals surface area contributed by atoms with Gasteiger partial charge in [-0.15, -0.1) is 16.4 Å². The standard InChI is InChI=1S/C20H21N5O2S2/c1-4-11(2)9-14-12(3)29-18-16(14)17(26)21-20(22-18)28-10-25-19(27)13-7-5-6-8-15(13)23-24-25/h5-8,11H,4,9-10H2,1-3H3,(H,21,22,26)/t11-/m1/s1. The number of benzene rings is 1. The highest BCUT2D eigenvalue weighted by Gasteiger charge is 2.17. The Morgan fingerprint density at radius 1 is 1.28 bits per heavy atom. The number of fused-ring (bicyclic) bond motifs is 2. The van der Waals surface area contributed by atoms with E-state index >= 15 is 0 Å². The number of thiophene rings is 1. The molecule has 9 heteroatoms. The van der Waals surface area contributed by atoms with E-state index < -0.39 is 0 Å². The Labute approximate surface area is 175 Å². The van der Waals surface area contributed by atoms with Crippen LogP contribution in [0, 0.1) is 12.8 Å². The van der Waals surface area contributed by atoms with Crippen LogP contribution in [0.1, 0.15) is 30.7 Å². The number of thioether (sulfide) groups is 1. The van der Waals surface area contributed by atoms with Crippen LogP contribution in [0.2, 0.25) is 0 Å². The van der Waals surface area contributed by atoms with Gasteiger partial charge in [0.1, 0.15) is 10.3 Å². The van der Waals surface area contributed by atoms with Crippen molar-refractivity contribution in [2.45, 2.75) is 44.6 Å². The van der Waals surface area contributed by atoms with Gasteiger partial charge in [-0.1, -0.05) is 49.4 Å². The third kappa shape index (κ3) is 3.84. The molecule has 29 heavy (non-hydrogen) atoms. The largest absolute Gasteiger partial charge is 0.301 e. The highest BCUT2D eigenvalue weighted by molar-refractivity contribution is 7.98. The van der Waals surface area contributed by atoms with E-state index in [-0.39, 0.29) is 17.0 Å². The molecule has 0 aliphatic rings. The first-order valence-corrected chi connectivity index (χ1v) is 11.3. The van der Waals surface area contributed by atoms with Crippen molar-refractivity contribution in [3.63, 3.8) is 0 Å². The maximum atomic E-state index is 12.8. The summed E-state index contributed by atoms with van der Waals surface area (Å²) in [5, 5.41) is 9.75. The zero-order valence-electron chi connectivity index (χ0n) is 16.4. The summed E-state index contributed by atoms with van der Waals surface area (Å²) in [7, 11) is 0. The fourth-order valence-electron chi connectivity index (χ4n) is 3.19. The lowest BCUT2D eigenvalue weighted by Gasteiger charge is -2.08. The summed E-state index contributed by atoms with van der Waals surface area (Å²) in [6.07, 6.45) is 1.94. The topological polar surface area (TPSA) is 93.5 Å². The van der Waals surface area contributed by atoms with Gasteiger partial charge in [0.15, 0.2) is 5.16 Å². The molecule has 0 fully saturated rings. The van der Waals surface area contributed by atoms with E-state index in [4.69, 9.17) is 0 Å². The minimum Gasteiger partial charge on any atom is -0.301 e. The molecular weight excluding hydrogens is 406 g/mol. The molecule has 7 nitrogen and oxygen atoms in total. The maximum Gasteiger partial charge on any atom is 0.278 e. The van der Waals surface area contributed by atoms with Crippen molar-refractivity contribution in [1.29, 1.82) is 0 Å². The smallest absolute Gasteiger partial charge is 0.278 e. The van der Waals surface area contributed by atoms with E-state index in [1.807, 2.05) is 13.0 Å². The van der Waals surface area contributed by atoms with Gasteiger partial charge in [-0.3, -0.25) is 9.59 Å². The first-order valence-electron chi connectivity index (χ1n) is 9.45. The number of nitrogens with zero attached hydrogens (tertiary/aromatic N) is 4. The van der Waals surface area contributed by atoms with Gasteiger partial charge in [-0.25, -0.2) is 4.98 Å². The number of H-pyrrole nitrogens is 1. The molecule has 3 heterocycles. The van der Waals surface area contributed by atoms with Crippen molar-refractivity contribution in [2.24, 2.45) is 5.92 Å². The van der Waals surface area contributed by atoms with E-state index in [9.17, 15) is 9.59 Å². The Hall–Kier alpha value is -2.52. The molecule has 1 aromatic carbocycles. The maximum absolute atomic E-state index is 12.8. The van der Waals surface area contributed by atoms with E-state index in [1.165, 1.54) is 16.4 Å². The zero-order chi connectivity index (χ0) is 20.5. The van der Waals surface area contributed by atoms with Crippen LogP contribution in [0.25, 0.3) is 21.1 Å². The van der Waals surface area contributed by atoms with Crippen LogP contribution in [-0.2, 0) is 12.3 Å². The highest BCUT2D eigenvalue weighted by Crippen LogP contribution is 2.30. The Kier molecular flexibility index (Phi) is 5.51. The van der Waals surface area contributed by atoms with Gasteiger partial charge in [-0.2, -0.15) is 4.68 Å². The number of nitrogens with one attached hydrogen (secondary N) is 1. The lowest BCUT2D eigenvalue weighted by Crippen LogP contribution is -2.23. The molecule has 0 aliphatic carbocycles. The van der Waals surface area contributed by atoms with Gasteiger partial charge in [0.05, 0.1) is 16.6 Å². The lowest BCUT2D eigenvalue weighted by atomic mass is 9.98. The highest BCUT2D eigenvalue weighted by atomic mass is 32.2. The van der Waals surface area contributed by atoms with Gasteiger partial charge >= 0.3 is 0 Å². The Morgan fingerprint density at radius 2 is 2.07 bits per heavy atom. The quantitative estimate of drug-likeness (QED) is 0.372. The Balaban J connectivity index is 1.63. The van der Waals surface area contributed by atoms with Crippen LogP contribution < -0.4 is 11.1 Å². The van der Waals surface area contributed by atoms with Crippen molar-refractivity contribution in [2.75, 3.05) is 0 Å². The van der Waals surface area contributed by atoms with Crippen LogP contribution in [0.3, 0.4) is 0 Å². The number of rotatable bonds is 6. The molecule has 0 saturated heterocycles. The molecule has 0 amide bonds. The summed E-state index contributed by atoms with van der Waals surface area (Å²) in [6.45, 7) is 6.39. The molecule has 1 atom stereocenters. The molecular formula is C20H21N5O2S2. The van der Waals surface area contributed by atoms with Crippen LogP contribution >= 0.6 is 23.1 Å². The van der Waals surface area contributed by atoms with Gasteiger partial charge in [0.25, 0.3) is 11.1 Å². The first kappa shape index (κ1) is 19.8. The van der Waals surface area contributed by atoms with Crippen molar-refractivity contribution in [3.8, 4) is 0 Å². The Bertz CT molecular complexity index is 1310. The molecule has 4 rings (SSSR count). The third-order valence-electron chi connectivity index (χ3n) is 5.04. The average Bonchev–Trinajstić information content (AvgIpc) is 3.03. The fourth-order valence-corrected chi connectivity index (χ4v) is 5.04. The predicted octanol–water partition coefficient (Wildman–Crippen LogP) is 3.74. The molecule has 1 N–H and O–H groups in total. The molecule has 0 saturated carbocycles. The molecule has 3 aromatic heterocycles. The molecule has 150 valence electrons. The summed E-state index contributed by atoms with van der Waals surface area (Å²) in [4.78, 5) is 34.7. The molecule has 0 spiro atoms. The van der Waals surface area contributed by atoms with Gasteiger partial charge in [0.2, 0.25) is 0 Å². The molecule has 4 aromatic rings. The zero-order valence-corrected chi connectivity index (χ0v) is 18.1. The summed E-state index contributed by atoms with van der Waals surface area (Å²) in [6, 6.07) is 7.10. The molecule has 0 unspecified atom stereocenters. The summed E-state index contributed by atoms with van der Waals surface area (Å²) >= 11 is 2.80. The second-order valence-corrected chi connectivity index (χ2v) is 9.23. The monoisotopic (exact) mass is 427 g/mol. The van der Waals surface area contributed by atoms with Gasteiger partial charge in [0, 0.05) is 4.88 Å². The second kappa shape index (κ2) is 8.08. The second-order valence-electron chi connectivity index (χ2n) is 7.09.